The quantitative estimate of drug-likeness (QED) is 0.259. The Labute approximate surface area is 202 Å². The summed E-state index contributed by atoms with van der Waals surface area (Å²) < 4.78 is 12.7. The number of rotatable bonds is 8. The molecule has 0 spiro atoms. The minimum absolute atomic E-state index is 0.0198. The molecule has 4 rings (SSSR count). The maximum atomic E-state index is 13.1. The van der Waals surface area contributed by atoms with E-state index in [-0.39, 0.29) is 23.7 Å². The molecule has 0 bridgehead atoms. The third-order valence-corrected chi connectivity index (χ3v) is 12.8. The van der Waals surface area contributed by atoms with Crippen LogP contribution in [-0.2, 0) is 9.47 Å². The van der Waals surface area contributed by atoms with Gasteiger partial charge in [0, 0.05) is 0 Å². The van der Waals surface area contributed by atoms with Crippen molar-refractivity contribution in [2.45, 2.75) is 63.4 Å². The lowest BCUT2D eigenvalue weighted by atomic mass is 10.1. The van der Waals surface area contributed by atoms with Crippen LogP contribution in [0.3, 0.4) is 0 Å². The third kappa shape index (κ3) is 4.38. The monoisotopic (exact) mass is 501 g/mol. The van der Waals surface area contributed by atoms with Crippen molar-refractivity contribution in [2.24, 2.45) is 0 Å². The first kappa shape index (κ1) is 25.0. The lowest BCUT2D eigenvalue weighted by molar-refractivity contribution is -0.0565. The topological polar surface area (TPSA) is 166 Å². The van der Waals surface area contributed by atoms with Crippen molar-refractivity contribution in [1.29, 1.82) is 0 Å². The van der Waals surface area contributed by atoms with Crippen molar-refractivity contribution in [3.63, 3.8) is 0 Å². The number of aromatic amines is 1. The first-order chi connectivity index (χ1) is 16.8. The molecule has 3 aromatic rings. The summed E-state index contributed by atoms with van der Waals surface area (Å²) in [6, 6.07) is 10.6. The van der Waals surface area contributed by atoms with E-state index in [0.717, 1.165) is 23.3 Å². The molecule has 1 fully saturated rings. The highest BCUT2D eigenvalue weighted by Crippen LogP contribution is 2.31. The fourth-order valence-corrected chi connectivity index (χ4v) is 8.76. The Balaban J connectivity index is 1.53. The molecule has 1 saturated heterocycles. The van der Waals surface area contributed by atoms with Gasteiger partial charge in [0.15, 0.2) is 17.4 Å². The van der Waals surface area contributed by atoms with Crippen LogP contribution in [0.4, 0.5) is 5.95 Å². The number of benzene rings is 1. The van der Waals surface area contributed by atoms with Crippen LogP contribution >= 0.6 is 0 Å². The van der Waals surface area contributed by atoms with Gasteiger partial charge in [0.2, 0.25) is 5.95 Å². The first-order valence-corrected chi connectivity index (χ1v) is 14.4. The minimum Gasteiger partial charge on any atom is -0.459 e. The molecule has 35 heavy (non-hydrogen) atoms. The Morgan fingerprint density at radius 3 is 2.57 bits per heavy atom. The zero-order chi connectivity index (χ0) is 25.3. The van der Waals surface area contributed by atoms with Crippen molar-refractivity contribution in [3.05, 3.63) is 46.5 Å². The molecule has 0 unspecified atom stereocenters. The number of nitrogen functional groups attached to an aromatic ring is 1. The second-order valence-corrected chi connectivity index (χ2v) is 14.0. The normalized spacial score (nSPS) is 22.5. The number of fused-ring (bicyclic) bond motifs is 1. The summed E-state index contributed by atoms with van der Waals surface area (Å²) in [4.78, 5) is 35.6. The van der Waals surface area contributed by atoms with Crippen LogP contribution in [0.5, 0.6) is 0 Å². The molecular weight excluding hydrogens is 470 g/mol. The molecule has 1 aromatic carbocycles. The standard InChI is InChI=1S/C23H31N5O6Si/c1-4-35(5-2,6-3)15-10-8-7-9-13(15)22(32)33-11-14-17(29)18(30)21(34-14)28-12-25-16-19(28)26-23(24)27-20(16)31/h7-10,12,14,17-18,21,29-30H,4-6,11H2,1-3H3,(H3,24,26,27,31)/t14-,17-,18-,21-/m1/s1. The Morgan fingerprint density at radius 2 is 1.89 bits per heavy atom. The van der Waals surface area contributed by atoms with E-state index in [1.165, 1.54) is 10.9 Å². The van der Waals surface area contributed by atoms with E-state index in [4.69, 9.17) is 15.2 Å². The molecule has 0 aliphatic carbocycles. The predicted molar refractivity (Wildman–Crippen MR) is 132 cm³/mol. The van der Waals surface area contributed by atoms with Gasteiger partial charge in [0.05, 0.1) is 20.0 Å². The van der Waals surface area contributed by atoms with Crippen molar-refractivity contribution in [1.82, 2.24) is 19.5 Å². The van der Waals surface area contributed by atoms with Gasteiger partial charge in [0.1, 0.15) is 24.9 Å². The van der Waals surface area contributed by atoms with E-state index >= 15 is 0 Å². The van der Waals surface area contributed by atoms with E-state index in [9.17, 15) is 19.8 Å². The van der Waals surface area contributed by atoms with Crippen LogP contribution in [0.15, 0.2) is 35.4 Å². The van der Waals surface area contributed by atoms with Gasteiger partial charge >= 0.3 is 5.97 Å². The number of aromatic nitrogens is 4. The lowest BCUT2D eigenvalue weighted by Gasteiger charge is -2.30. The number of nitrogens with zero attached hydrogens (tertiary/aromatic N) is 3. The van der Waals surface area contributed by atoms with Crippen LogP contribution < -0.4 is 16.5 Å². The molecular formula is C23H31N5O6Si. The van der Waals surface area contributed by atoms with E-state index in [1.807, 2.05) is 18.2 Å². The number of nitrogens with two attached hydrogens (primary N) is 1. The fraction of sp³-hybridized carbons (Fsp3) is 0.478. The van der Waals surface area contributed by atoms with Crippen molar-refractivity contribution in [2.75, 3.05) is 12.3 Å². The summed E-state index contributed by atoms with van der Waals surface area (Å²) in [6.07, 6.45) is -3.52. The maximum Gasteiger partial charge on any atom is 0.338 e. The summed E-state index contributed by atoms with van der Waals surface area (Å²) in [6.45, 7) is 6.24. The lowest BCUT2D eigenvalue weighted by Crippen LogP contribution is -2.48. The van der Waals surface area contributed by atoms with Crippen LogP contribution in [0.2, 0.25) is 18.1 Å². The van der Waals surface area contributed by atoms with Gasteiger partial charge < -0.3 is 25.4 Å². The molecule has 3 heterocycles. The number of ether oxygens (including phenoxy) is 2. The van der Waals surface area contributed by atoms with Crippen LogP contribution in [0, 0.1) is 0 Å². The maximum absolute atomic E-state index is 13.1. The largest absolute Gasteiger partial charge is 0.459 e. The van der Waals surface area contributed by atoms with Gasteiger partial charge in [-0.1, -0.05) is 57.1 Å². The van der Waals surface area contributed by atoms with Crippen LogP contribution in [0.1, 0.15) is 37.4 Å². The van der Waals surface area contributed by atoms with Gasteiger partial charge in [0.25, 0.3) is 5.56 Å². The van der Waals surface area contributed by atoms with Gasteiger partial charge in [-0.25, -0.2) is 9.78 Å². The van der Waals surface area contributed by atoms with Gasteiger partial charge in [-0.15, -0.1) is 0 Å². The fourth-order valence-electron chi connectivity index (χ4n) is 4.91. The highest BCUT2D eigenvalue weighted by Gasteiger charge is 2.45. The van der Waals surface area contributed by atoms with E-state index in [2.05, 4.69) is 35.7 Å². The molecule has 1 aliphatic rings. The summed E-state index contributed by atoms with van der Waals surface area (Å²) >= 11 is 0. The van der Waals surface area contributed by atoms with Crippen molar-refractivity contribution in [3.8, 4) is 0 Å². The Hall–Kier alpha value is -3.06. The van der Waals surface area contributed by atoms with E-state index < -0.39 is 44.1 Å². The predicted octanol–water partition coefficient (Wildman–Crippen LogP) is 0.893. The summed E-state index contributed by atoms with van der Waals surface area (Å²) in [5, 5.41) is 22.3. The summed E-state index contributed by atoms with van der Waals surface area (Å²) in [5.41, 5.74) is 5.76. The number of H-pyrrole nitrogens is 1. The highest BCUT2D eigenvalue weighted by atomic mass is 28.3. The van der Waals surface area contributed by atoms with Crippen molar-refractivity contribution >= 4 is 36.3 Å². The number of imidazole rings is 1. The molecule has 2 aromatic heterocycles. The minimum atomic E-state index is -1.85. The molecule has 4 atom stereocenters. The molecule has 0 radical (unpaired) electrons. The average molecular weight is 502 g/mol. The zero-order valence-electron chi connectivity index (χ0n) is 20.0. The number of esters is 1. The number of carbonyl (C=O) groups is 1. The number of carbonyl (C=O) groups excluding carboxylic acids is 1. The number of anilines is 1. The second-order valence-electron chi connectivity index (χ2n) is 8.81. The number of aliphatic hydroxyl groups is 2. The van der Waals surface area contributed by atoms with Gasteiger partial charge in [-0.05, 0) is 11.3 Å². The highest BCUT2D eigenvalue weighted by molar-refractivity contribution is 6.92. The van der Waals surface area contributed by atoms with E-state index in [0.29, 0.717) is 5.56 Å². The van der Waals surface area contributed by atoms with Crippen LogP contribution in [0.25, 0.3) is 11.2 Å². The smallest absolute Gasteiger partial charge is 0.338 e. The zero-order valence-corrected chi connectivity index (χ0v) is 21.0. The summed E-state index contributed by atoms with van der Waals surface area (Å²) in [5.74, 6) is -0.608. The van der Waals surface area contributed by atoms with Crippen molar-refractivity contribution < 1.29 is 24.5 Å². The number of hydrogen-bond donors (Lipinski definition) is 4. The number of aliphatic hydroxyl groups excluding tert-OH is 2. The molecule has 188 valence electrons. The number of hydrogen-bond acceptors (Lipinski definition) is 9. The average Bonchev–Trinajstić information content (AvgIpc) is 3.40. The SMILES string of the molecule is CC[Si](CC)(CC)c1ccccc1C(=O)OC[C@H]1O[C@@H](n2cnc3c(=O)[nH]c(N)nc32)[C@H](O)[C@@H]1O. The Bertz CT molecular complexity index is 1260. The van der Waals surface area contributed by atoms with Crippen LogP contribution in [-0.4, -0.2) is 68.7 Å². The van der Waals surface area contributed by atoms with Gasteiger partial charge in [-0.3, -0.25) is 14.3 Å². The molecule has 5 N–H and O–H groups in total. The third-order valence-electron chi connectivity index (χ3n) is 7.19. The second kappa shape index (κ2) is 9.89. The first-order valence-electron chi connectivity index (χ1n) is 11.8. The Morgan fingerprint density at radius 1 is 1.20 bits per heavy atom. The van der Waals surface area contributed by atoms with Gasteiger partial charge in [-0.2, -0.15) is 4.98 Å². The van der Waals surface area contributed by atoms with E-state index in [1.54, 1.807) is 6.07 Å². The summed E-state index contributed by atoms with van der Waals surface area (Å²) in [7, 11) is -1.85. The Kier molecular flexibility index (Phi) is 7.08. The number of nitrogens with one attached hydrogen (secondary N) is 1. The molecule has 1 aliphatic heterocycles. The molecule has 0 amide bonds. The molecule has 11 nitrogen and oxygen atoms in total. The molecule has 12 heteroatoms. The molecule has 0 saturated carbocycles.